The summed E-state index contributed by atoms with van der Waals surface area (Å²) in [6.07, 6.45) is 2.01. The number of amides is 1. The summed E-state index contributed by atoms with van der Waals surface area (Å²) in [6.45, 7) is 2.79. The molecule has 1 saturated heterocycles. The molecule has 26 heavy (non-hydrogen) atoms. The number of likely N-dealkylation sites (tertiary alicyclic amines) is 1. The third-order valence-corrected chi connectivity index (χ3v) is 7.34. The number of benzene rings is 1. The molecule has 1 atom stereocenters. The van der Waals surface area contributed by atoms with Gasteiger partial charge in [-0.2, -0.15) is 5.10 Å². The maximum absolute atomic E-state index is 13.2. The van der Waals surface area contributed by atoms with Crippen molar-refractivity contribution in [2.75, 3.05) is 6.54 Å². The first-order valence-electron chi connectivity index (χ1n) is 8.71. The topological polar surface area (TPSA) is 51.0 Å². The Morgan fingerprint density at radius 1 is 1.27 bits per heavy atom. The molecule has 0 radical (unpaired) electrons. The maximum Gasteiger partial charge on any atom is 0.264 e. The van der Waals surface area contributed by atoms with Crippen molar-refractivity contribution in [1.29, 1.82) is 0 Å². The summed E-state index contributed by atoms with van der Waals surface area (Å²) in [5, 5.41) is 6.56. The van der Waals surface area contributed by atoms with Gasteiger partial charge in [0.25, 0.3) is 5.91 Å². The fourth-order valence-electron chi connectivity index (χ4n) is 3.75. The molecule has 1 fully saturated rings. The Kier molecular flexibility index (Phi) is 3.62. The Hall–Kier alpha value is -2.25. The number of thiazole rings is 1. The van der Waals surface area contributed by atoms with Gasteiger partial charge in [0.05, 0.1) is 26.8 Å². The van der Waals surface area contributed by atoms with Crippen molar-refractivity contribution in [2.45, 2.75) is 25.8 Å². The normalized spacial score (nSPS) is 17.6. The standard InChI is InChI=1S/C19H18N4OS2/c1-11-12-10-16(26-19(12)22(2)21-11)18(24)23-9-5-7-14(23)17-20-13-6-3-4-8-15(13)25-17/h3-4,6,8,10,14H,5,7,9H2,1-2H3. The number of hydrogen-bond donors (Lipinski definition) is 0. The number of nitrogens with zero attached hydrogens (tertiary/aromatic N) is 4. The molecule has 1 aliphatic heterocycles. The largest absolute Gasteiger partial charge is 0.328 e. The van der Waals surface area contributed by atoms with Gasteiger partial charge in [0.15, 0.2) is 0 Å². The number of para-hydroxylation sites is 1. The summed E-state index contributed by atoms with van der Waals surface area (Å²) >= 11 is 3.24. The molecule has 0 aliphatic carbocycles. The van der Waals surface area contributed by atoms with Crippen molar-refractivity contribution in [3.63, 3.8) is 0 Å². The van der Waals surface area contributed by atoms with Crippen LogP contribution in [-0.4, -0.2) is 32.1 Å². The molecule has 1 aliphatic rings. The molecule has 5 nitrogen and oxygen atoms in total. The van der Waals surface area contributed by atoms with Gasteiger partial charge < -0.3 is 4.90 Å². The Labute approximate surface area is 158 Å². The van der Waals surface area contributed by atoms with Crippen molar-refractivity contribution >= 4 is 49.0 Å². The first-order chi connectivity index (χ1) is 12.6. The first kappa shape index (κ1) is 16.0. The highest BCUT2D eigenvalue weighted by Gasteiger charge is 2.33. The van der Waals surface area contributed by atoms with E-state index in [0.29, 0.717) is 0 Å². The van der Waals surface area contributed by atoms with Crippen LogP contribution in [0, 0.1) is 6.92 Å². The van der Waals surface area contributed by atoms with E-state index >= 15 is 0 Å². The van der Waals surface area contributed by atoms with Crippen LogP contribution in [0.3, 0.4) is 0 Å². The first-order valence-corrected chi connectivity index (χ1v) is 10.3. The minimum atomic E-state index is 0.0873. The predicted molar refractivity (Wildman–Crippen MR) is 106 cm³/mol. The van der Waals surface area contributed by atoms with E-state index < -0.39 is 0 Å². The van der Waals surface area contributed by atoms with Crippen molar-refractivity contribution < 1.29 is 4.79 Å². The Morgan fingerprint density at radius 3 is 2.92 bits per heavy atom. The van der Waals surface area contributed by atoms with E-state index in [4.69, 9.17) is 4.98 Å². The second-order valence-electron chi connectivity index (χ2n) is 6.71. The molecule has 1 amide bonds. The average Bonchev–Trinajstić information content (AvgIpc) is 3.39. The Bertz CT molecular complexity index is 1070. The number of aryl methyl sites for hydroxylation is 2. The highest BCUT2D eigenvalue weighted by atomic mass is 32.1. The van der Waals surface area contributed by atoms with E-state index in [-0.39, 0.29) is 11.9 Å². The number of rotatable bonds is 2. The van der Waals surface area contributed by atoms with Crippen LogP contribution in [-0.2, 0) is 7.05 Å². The van der Waals surface area contributed by atoms with Crippen LogP contribution in [0.2, 0.25) is 0 Å². The number of hydrogen-bond acceptors (Lipinski definition) is 5. The predicted octanol–water partition coefficient (Wildman–Crippen LogP) is 4.53. The van der Waals surface area contributed by atoms with Crippen LogP contribution in [0.5, 0.6) is 0 Å². The minimum absolute atomic E-state index is 0.0873. The van der Waals surface area contributed by atoms with E-state index in [2.05, 4.69) is 11.2 Å². The van der Waals surface area contributed by atoms with Crippen LogP contribution in [0.15, 0.2) is 30.3 Å². The van der Waals surface area contributed by atoms with Crippen LogP contribution >= 0.6 is 22.7 Å². The lowest BCUT2D eigenvalue weighted by molar-refractivity contribution is 0.0740. The van der Waals surface area contributed by atoms with Gasteiger partial charge in [0, 0.05) is 19.0 Å². The summed E-state index contributed by atoms with van der Waals surface area (Å²) in [5.41, 5.74) is 2.00. The number of aromatic nitrogens is 3. The highest BCUT2D eigenvalue weighted by molar-refractivity contribution is 7.20. The number of thiophene rings is 1. The molecule has 3 aromatic heterocycles. The monoisotopic (exact) mass is 382 g/mol. The molecule has 0 bridgehead atoms. The fourth-order valence-corrected chi connectivity index (χ4v) is 5.95. The molecule has 132 valence electrons. The fraction of sp³-hybridized carbons (Fsp3) is 0.316. The molecule has 0 saturated carbocycles. The zero-order chi connectivity index (χ0) is 17.8. The zero-order valence-corrected chi connectivity index (χ0v) is 16.2. The molecule has 4 heterocycles. The van der Waals surface area contributed by atoms with Crippen molar-refractivity contribution in [3.05, 3.63) is 45.9 Å². The minimum Gasteiger partial charge on any atom is -0.328 e. The Morgan fingerprint density at radius 2 is 2.12 bits per heavy atom. The van der Waals surface area contributed by atoms with Gasteiger partial charge in [-0.05, 0) is 38.0 Å². The quantitative estimate of drug-likeness (QED) is 0.512. The molecule has 0 spiro atoms. The summed E-state index contributed by atoms with van der Waals surface area (Å²) < 4.78 is 3.05. The Balaban J connectivity index is 1.50. The average molecular weight is 383 g/mol. The summed E-state index contributed by atoms with van der Waals surface area (Å²) in [6, 6.07) is 10.3. The molecular weight excluding hydrogens is 364 g/mol. The molecule has 0 N–H and O–H groups in total. The van der Waals surface area contributed by atoms with Gasteiger partial charge in [-0.15, -0.1) is 22.7 Å². The summed E-state index contributed by atoms with van der Waals surface area (Å²) in [5.74, 6) is 0.118. The SMILES string of the molecule is Cc1nn(C)c2sc(C(=O)N3CCCC3c3nc4ccccc4s3)cc12. The van der Waals surface area contributed by atoms with Gasteiger partial charge in [0.2, 0.25) is 0 Å². The molecule has 1 aromatic carbocycles. The van der Waals surface area contributed by atoms with E-state index in [9.17, 15) is 4.79 Å². The smallest absolute Gasteiger partial charge is 0.264 e. The van der Waals surface area contributed by atoms with E-state index in [0.717, 1.165) is 50.7 Å². The lowest BCUT2D eigenvalue weighted by Crippen LogP contribution is -2.29. The summed E-state index contributed by atoms with van der Waals surface area (Å²) in [4.78, 5) is 21.9. The molecule has 4 aromatic rings. The number of carbonyl (C=O) groups is 1. The second kappa shape index (κ2) is 5.89. The van der Waals surface area contributed by atoms with Gasteiger partial charge >= 0.3 is 0 Å². The van der Waals surface area contributed by atoms with Crippen molar-refractivity contribution in [3.8, 4) is 0 Å². The van der Waals surface area contributed by atoms with Gasteiger partial charge in [0.1, 0.15) is 9.84 Å². The highest BCUT2D eigenvalue weighted by Crippen LogP contribution is 2.38. The van der Waals surface area contributed by atoms with Crippen LogP contribution in [0.4, 0.5) is 0 Å². The lowest BCUT2D eigenvalue weighted by atomic mass is 10.2. The third-order valence-electron chi connectivity index (χ3n) is 5.02. The van der Waals surface area contributed by atoms with Gasteiger partial charge in [-0.1, -0.05) is 12.1 Å². The molecule has 7 heteroatoms. The molecule has 5 rings (SSSR count). The third kappa shape index (κ3) is 2.38. The van der Waals surface area contributed by atoms with Crippen LogP contribution < -0.4 is 0 Å². The maximum atomic E-state index is 13.2. The van der Waals surface area contributed by atoms with Crippen molar-refractivity contribution in [2.24, 2.45) is 7.05 Å². The second-order valence-corrected chi connectivity index (χ2v) is 8.81. The molecular formula is C19H18N4OS2. The van der Waals surface area contributed by atoms with Gasteiger partial charge in [-0.3, -0.25) is 9.48 Å². The lowest BCUT2D eigenvalue weighted by Gasteiger charge is -2.22. The van der Waals surface area contributed by atoms with Crippen LogP contribution in [0.1, 0.15) is 39.3 Å². The summed E-state index contributed by atoms with van der Waals surface area (Å²) in [7, 11) is 1.93. The molecule has 1 unspecified atom stereocenters. The van der Waals surface area contributed by atoms with Crippen molar-refractivity contribution in [1.82, 2.24) is 19.7 Å². The number of carbonyl (C=O) groups excluding carboxylic acids is 1. The van der Waals surface area contributed by atoms with E-state index in [1.165, 1.54) is 16.0 Å². The van der Waals surface area contributed by atoms with E-state index in [1.54, 1.807) is 11.3 Å². The number of fused-ring (bicyclic) bond motifs is 2. The van der Waals surface area contributed by atoms with Crippen LogP contribution in [0.25, 0.3) is 20.4 Å². The van der Waals surface area contributed by atoms with E-state index in [1.807, 2.05) is 47.8 Å². The van der Waals surface area contributed by atoms with Gasteiger partial charge in [-0.25, -0.2) is 4.98 Å². The zero-order valence-electron chi connectivity index (χ0n) is 14.6.